The topological polar surface area (TPSA) is 46.5 Å². The summed E-state index contributed by atoms with van der Waals surface area (Å²) in [6, 6.07) is 6.83. The fourth-order valence-electron chi connectivity index (χ4n) is 0.978. The van der Waals surface area contributed by atoms with E-state index in [0.29, 0.717) is 0 Å². The molecular formula is C11H12O3. The Kier molecular flexibility index (Phi) is 3.73. The first kappa shape index (κ1) is 10.3. The summed E-state index contributed by atoms with van der Waals surface area (Å²) in [6.07, 6.45) is 3.50. The molecule has 3 heteroatoms. The number of phenolic OH excluding ortho intramolecular Hbond substituents is 1. The molecule has 0 aromatic heterocycles. The van der Waals surface area contributed by atoms with Crippen molar-refractivity contribution in [3.8, 4) is 5.75 Å². The Morgan fingerprint density at radius 3 is 3.00 bits per heavy atom. The molecule has 0 radical (unpaired) electrons. The molecule has 0 spiro atoms. The van der Waals surface area contributed by atoms with E-state index in [4.69, 9.17) is 9.84 Å². The standard InChI is InChI=1S/C11H12O3/c1-9(12)14-7-3-5-10-4-2-6-11(13)8-10/h2-6,8,13H,7H2,1H3. The molecule has 1 N–H and O–H groups in total. The molecule has 74 valence electrons. The van der Waals surface area contributed by atoms with E-state index in [1.165, 1.54) is 6.92 Å². The Bertz CT molecular complexity index is 342. The van der Waals surface area contributed by atoms with Gasteiger partial charge in [-0.3, -0.25) is 4.79 Å². The number of carbonyl (C=O) groups excluding carboxylic acids is 1. The molecular weight excluding hydrogens is 180 g/mol. The lowest BCUT2D eigenvalue weighted by Crippen LogP contribution is -1.97. The van der Waals surface area contributed by atoms with Crippen LogP contribution in [0.15, 0.2) is 30.3 Å². The molecule has 14 heavy (non-hydrogen) atoms. The lowest BCUT2D eigenvalue weighted by atomic mass is 10.2. The summed E-state index contributed by atoms with van der Waals surface area (Å²) in [5, 5.41) is 9.14. The molecule has 1 aromatic rings. The van der Waals surface area contributed by atoms with Crippen molar-refractivity contribution in [3.05, 3.63) is 35.9 Å². The highest BCUT2D eigenvalue weighted by Crippen LogP contribution is 2.11. The van der Waals surface area contributed by atoms with E-state index in [0.717, 1.165) is 5.56 Å². The quantitative estimate of drug-likeness (QED) is 0.745. The van der Waals surface area contributed by atoms with Gasteiger partial charge in [-0.2, -0.15) is 0 Å². The number of hydrogen-bond acceptors (Lipinski definition) is 3. The Hall–Kier alpha value is -1.77. The van der Waals surface area contributed by atoms with Crippen LogP contribution in [0.4, 0.5) is 0 Å². The van der Waals surface area contributed by atoms with Crippen LogP contribution >= 0.6 is 0 Å². The van der Waals surface area contributed by atoms with Crippen LogP contribution in [0.1, 0.15) is 12.5 Å². The second kappa shape index (κ2) is 5.07. The molecule has 0 unspecified atom stereocenters. The van der Waals surface area contributed by atoms with E-state index in [9.17, 15) is 4.79 Å². The maximum Gasteiger partial charge on any atom is 0.302 e. The molecule has 0 aliphatic rings. The smallest absolute Gasteiger partial charge is 0.302 e. The van der Waals surface area contributed by atoms with Crippen LogP contribution in [-0.4, -0.2) is 17.7 Å². The summed E-state index contributed by atoms with van der Waals surface area (Å²) in [6.45, 7) is 1.62. The van der Waals surface area contributed by atoms with E-state index in [1.807, 2.05) is 6.07 Å². The maximum atomic E-state index is 10.4. The van der Waals surface area contributed by atoms with Crippen molar-refractivity contribution in [1.82, 2.24) is 0 Å². The molecule has 1 aromatic carbocycles. The first-order chi connectivity index (χ1) is 6.68. The van der Waals surface area contributed by atoms with Crippen molar-refractivity contribution in [3.63, 3.8) is 0 Å². The number of benzene rings is 1. The van der Waals surface area contributed by atoms with Crippen LogP contribution in [-0.2, 0) is 9.53 Å². The van der Waals surface area contributed by atoms with E-state index in [1.54, 1.807) is 30.4 Å². The van der Waals surface area contributed by atoms with E-state index >= 15 is 0 Å². The van der Waals surface area contributed by atoms with Gasteiger partial charge < -0.3 is 9.84 Å². The van der Waals surface area contributed by atoms with Gasteiger partial charge in [0.05, 0.1) is 0 Å². The average Bonchev–Trinajstić information content (AvgIpc) is 2.12. The van der Waals surface area contributed by atoms with Gasteiger partial charge in [0.2, 0.25) is 0 Å². The Morgan fingerprint density at radius 1 is 1.57 bits per heavy atom. The third-order valence-corrected chi connectivity index (χ3v) is 1.56. The van der Waals surface area contributed by atoms with Gasteiger partial charge in [0.25, 0.3) is 0 Å². The Morgan fingerprint density at radius 2 is 2.36 bits per heavy atom. The molecule has 0 atom stereocenters. The number of phenols is 1. The van der Waals surface area contributed by atoms with Crippen LogP contribution in [0, 0.1) is 0 Å². The molecule has 0 saturated carbocycles. The first-order valence-electron chi connectivity index (χ1n) is 4.27. The van der Waals surface area contributed by atoms with Crippen molar-refractivity contribution in [2.75, 3.05) is 6.61 Å². The highest BCUT2D eigenvalue weighted by Gasteiger charge is 1.90. The fourth-order valence-corrected chi connectivity index (χ4v) is 0.978. The zero-order valence-electron chi connectivity index (χ0n) is 7.93. The largest absolute Gasteiger partial charge is 0.508 e. The minimum absolute atomic E-state index is 0.222. The highest BCUT2D eigenvalue weighted by atomic mass is 16.5. The summed E-state index contributed by atoms with van der Waals surface area (Å²) in [5.74, 6) is -0.0785. The highest BCUT2D eigenvalue weighted by molar-refractivity contribution is 5.66. The van der Waals surface area contributed by atoms with Crippen LogP contribution in [0.25, 0.3) is 6.08 Å². The van der Waals surface area contributed by atoms with Gasteiger partial charge >= 0.3 is 5.97 Å². The molecule has 0 bridgehead atoms. The summed E-state index contributed by atoms with van der Waals surface area (Å²) in [7, 11) is 0. The lowest BCUT2D eigenvalue weighted by molar-refractivity contribution is -0.139. The predicted molar refractivity (Wildman–Crippen MR) is 53.8 cm³/mol. The minimum atomic E-state index is -0.300. The molecule has 3 nitrogen and oxygen atoms in total. The van der Waals surface area contributed by atoms with Crippen LogP contribution in [0.5, 0.6) is 5.75 Å². The summed E-state index contributed by atoms with van der Waals surface area (Å²) < 4.78 is 4.71. The van der Waals surface area contributed by atoms with Crippen LogP contribution < -0.4 is 0 Å². The zero-order chi connectivity index (χ0) is 10.4. The Balaban J connectivity index is 2.47. The number of ether oxygens (including phenoxy) is 1. The zero-order valence-corrected chi connectivity index (χ0v) is 7.93. The lowest BCUT2D eigenvalue weighted by Gasteiger charge is -1.96. The molecule has 0 aliphatic carbocycles. The van der Waals surface area contributed by atoms with Crippen molar-refractivity contribution >= 4 is 12.0 Å². The van der Waals surface area contributed by atoms with Crippen molar-refractivity contribution in [2.24, 2.45) is 0 Å². The van der Waals surface area contributed by atoms with Crippen molar-refractivity contribution in [1.29, 1.82) is 0 Å². The van der Waals surface area contributed by atoms with Crippen molar-refractivity contribution in [2.45, 2.75) is 6.92 Å². The third kappa shape index (κ3) is 3.76. The summed E-state index contributed by atoms with van der Waals surface area (Å²) >= 11 is 0. The second-order valence-corrected chi connectivity index (χ2v) is 2.80. The molecule has 0 aliphatic heterocycles. The number of aromatic hydroxyl groups is 1. The molecule has 0 heterocycles. The second-order valence-electron chi connectivity index (χ2n) is 2.80. The number of rotatable bonds is 3. The number of hydrogen-bond donors (Lipinski definition) is 1. The summed E-state index contributed by atoms with van der Waals surface area (Å²) in [5.41, 5.74) is 0.872. The van der Waals surface area contributed by atoms with E-state index < -0.39 is 0 Å². The molecule has 0 saturated heterocycles. The van der Waals surface area contributed by atoms with Gasteiger partial charge in [-0.15, -0.1) is 0 Å². The van der Waals surface area contributed by atoms with Crippen LogP contribution in [0.3, 0.4) is 0 Å². The van der Waals surface area contributed by atoms with Gasteiger partial charge in [0.1, 0.15) is 12.4 Å². The van der Waals surface area contributed by atoms with Gasteiger partial charge in [0, 0.05) is 6.92 Å². The van der Waals surface area contributed by atoms with Crippen LogP contribution in [0.2, 0.25) is 0 Å². The van der Waals surface area contributed by atoms with Gasteiger partial charge in [-0.25, -0.2) is 0 Å². The molecule has 0 fully saturated rings. The Labute approximate surface area is 82.6 Å². The minimum Gasteiger partial charge on any atom is -0.508 e. The fraction of sp³-hybridized carbons (Fsp3) is 0.182. The SMILES string of the molecule is CC(=O)OCC=Cc1cccc(O)c1. The van der Waals surface area contributed by atoms with Gasteiger partial charge in [-0.05, 0) is 23.8 Å². The van der Waals surface area contributed by atoms with E-state index in [-0.39, 0.29) is 18.3 Å². The third-order valence-electron chi connectivity index (χ3n) is 1.56. The average molecular weight is 192 g/mol. The summed E-state index contributed by atoms with van der Waals surface area (Å²) in [4.78, 5) is 10.4. The monoisotopic (exact) mass is 192 g/mol. The van der Waals surface area contributed by atoms with E-state index in [2.05, 4.69) is 0 Å². The van der Waals surface area contributed by atoms with Crippen molar-refractivity contribution < 1.29 is 14.6 Å². The normalized spacial score (nSPS) is 10.4. The maximum absolute atomic E-state index is 10.4. The molecule has 0 amide bonds. The van der Waals surface area contributed by atoms with Gasteiger partial charge in [-0.1, -0.05) is 18.2 Å². The molecule has 1 rings (SSSR count). The number of esters is 1. The first-order valence-corrected chi connectivity index (χ1v) is 4.27. The van der Waals surface area contributed by atoms with Gasteiger partial charge in [0.15, 0.2) is 0 Å². The number of carbonyl (C=O) groups is 1. The predicted octanol–water partition coefficient (Wildman–Crippen LogP) is 1.97.